The molecule has 3 aromatic rings. The van der Waals surface area contributed by atoms with Crippen LogP contribution in [0.15, 0.2) is 47.6 Å². The number of hydrogen-bond donors (Lipinski definition) is 2. The summed E-state index contributed by atoms with van der Waals surface area (Å²) in [6.07, 6.45) is 0.684. The number of hydrogen-bond acceptors (Lipinski definition) is 6. The molecular formula is C20H19ClFN5O2S. The first-order chi connectivity index (χ1) is 14.5. The zero-order valence-electron chi connectivity index (χ0n) is 16.2. The van der Waals surface area contributed by atoms with E-state index in [2.05, 4.69) is 20.9 Å². The second-order valence-corrected chi connectivity index (χ2v) is 8.14. The van der Waals surface area contributed by atoms with Crippen molar-refractivity contribution in [2.24, 2.45) is 0 Å². The highest BCUT2D eigenvalue weighted by Gasteiger charge is 2.38. The first-order valence-electron chi connectivity index (χ1n) is 9.27. The van der Waals surface area contributed by atoms with Gasteiger partial charge in [-0.1, -0.05) is 36.4 Å². The van der Waals surface area contributed by atoms with Gasteiger partial charge >= 0.3 is 0 Å². The summed E-state index contributed by atoms with van der Waals surface area (Å²) in [5.41, 5.74) is 4.68. The third kappa shape index (κ3) is 3.95. The molecule has 2 N–H and O–H groups in total. The van der Waals surface area contributed by atoms with E-state index in [1.165, 1.54) is 36.0 Å². The Morgan fingerprint density at radius 1 is 1.30 bits per heavy atom. The van der Waals surface area contributed by atoms with Crippen molar-refractivity contribution < 1.29 is 13.9 Å². The Hall–Kier alpha value is -2.78. The molecule has 30 heavy (non-hydrogen) atoms. The molecule has 2 atom stereocenters. The third-order valence-corrected chi connectivity index (χ3v) is 6.24. The van der Waals surface area contributed by atoms with Gasteiger partial charge in [-0.25, -0.2) is 9.07 Å². The van der Waals surface area contributed by atoms with Crippen molar-refractivity contribution in [3.05, 3.63) is 64.7 Å². The molecule has 1 aliphatic heterocycles. The molecule has 0 unspecified atom stereocenters. The lowest BCUT2D eigenvalue weighted by atomic mass is 10.0. The molecule has 1 amide bonds. The normalized spacial score (nSPS) is 17.7. The van der Waals surface area contributed by atoms with E-state index in [1.54, 1.807) is 23.9 Å². The van der Waals surface area contributed by atoms with Gasteiger partial charge in [0, 0.05) is 12.1 Å². The fraction of sp³-hybridized carbons (Fsp3) is 0.250. The van der Waals surface area contributed by atoms with Crippen molar-refractivity contribution in [1.82, 2.24) is 14.9 Å². The maximum Gasteiger partial charge on any atom is 0.240 e. The number of fused-ring (bicyclic) bond motifs is 1. The molecule has 2 aromatic carbocycles. The molecule has 0 bridgehead atoms. The molecule has 0 saturated carbocycles. The highest BCUT2D eigenvalue weighted by Crippen LogP contribution is 2.39. The number of anilines is 1. The number of rotatable bonds is 5. The summed E-state index contributed by atoms with van der Waals surface area (Å²) in [6.45, 7) is 1.98. The van der Waals surface area contributed by atoms with E-state index in [4.69, 9.17) is 16.3 Å². The molecule has 7 nitrogen and oxygen atoms in total. The smallest absolute Gasteiger partial charge is 0.240 e. The van der Waals surface area contributed by atoms with E-state index in [-0.39, 0.29) is 11.7 Å². The average molecular weight is 448 g/mol. The van der Waals surface area contributed by atoms with E-state index in [0.29, 0.717) is 28.0 Å². The van der Waals surface area contributed by atoms with Crippen LogP contribution in [0.1, 0.15) is 24.4 Å². The van der Waals surface area contributed by atoms with Crippen molar-refractivity contribution in [1.29, 1.82) is 0 Å². The molecule has 0 fully saturated rings. The van der Waals surface area contributed by atoms with E-state index < -0.39 is 11.3 Å². The molecule has 4 rings (SSSR count). The molecular weight excluding hydrogens is 429 g/mol. The maximum absolute atomic E-state index is 13.2. The lowest BCUT2D eigenvalue weighted by Crippen LogP contribution is -2.41. The fourth-order valence-electron chi connectivity index (χ4n) is 3.20. The highest BCUT2D eigenvalue weighted by atomic mass is 35.5. The zero-order valence-corrected chi connectivity index (χ0v) is 17.8. The molecule has 0 saturated heterocycles. The van der Waals surface area contributed by atoms with Crippen molar-refractivity contribution in [3.63, 3.8) is 0 Å². The minimum Gasteiger partial charge on any atom is -0.495 e. The molecule has 0 spiro atoms. The first-order valence-corrected chi connectivity index (χ1v) is 10.5. The third-order valence-electron chi connectivity index (χ3n) is 4.73. The molecule has 2 heterocycles. The predicted molar refractivity (Wildman–Crippen MR) is 114 cm³/mol. The van der Waals surface area contributed by atoms with Gasteiger partial charge in [-0.05, 0) is 42.0 Å². The van der Waals surface area contributed by atoms with Gasteiger partial charge in [0.15, 0.2) is 5.82 Å². The van der Waals surface area contributed by atoms with Gasteiger partial charge in [0.25, 0.3) is 0 Å². The molecule has 156 valence electrons. The van der Waals surface area contributed by atoms with Gasteiger partial charge in [0.2, 0.25) is 11.1 Å². The molecule has 0 aliphatic carbocycles. The van der Waals surface area contributed by atoms with Crippen LogP contribution < -0.4 is 15.5 Å². The van der Waals surface area contributed by atoms with E-state index in [1.807, 2.05) is 13.0 Å². The summed E-state index contributed by atoms with van der Waals surface area (Å²) >= 11 is 7.64. The molecule has 1 aliphatic rings. The van der Waals surface area contributed by atoms with Gasteiger partial charge in [0.1, 0.15) is 16.8 Å². The quantitative estimate of drug-likeness (QED) is 0.614. The Morgan fingerprint density at radius 2 is 2.07 bits per heavy atom. The van der Waals surface area contributed by atoms with E-state index >= 15 is 0 Å². The van der Waals surface area contributed by atoms with Crippen molar-refractivity contribution in [3.8, 4) is 5.75 Å². The van der Waals surface area contributed by atoms with Gasteiger partial charge in [0.05, 0.1) is 18.2 Å². The number of thioether (sulfide) groups is 1. The topological polar surface area (TPSA) is 81.1 Å². The van der Waals surface area contributed by atoms with Crippen molar-refractivity contribution in [2.75, 3.05) is 17.9 Å². The summed E-state index contributed by atoms with van der Waals surface area (Å²) in [4.78, 5) is 13.1. The van der Waals surface area contributed by atoms with Crippen LogP contribution in [0.2, 0.25) is 5.02 Å². The van der Waals surface area contributed by atoms with Crippen LogP contribution in [0.5, 0.6) is 5.75 Å². The van der Waals surface area contributed by atoms with Crippen LogP contribution in [-0.2, 0) is 11.2 Å². The molecule has 10 heteroatoms. The SMILES string of the molecule is CCc1nnc2n1N[C@H](c1ccc(OC)c(Cl)c1)[C@H](C(=O)Nc1ccc(F)cc1)S2. The number of aryl methyl sites for hydroxylation is 1. The Bertz CT molecular complexity index is 1080. The van der Waals surface area contributed by atoms with Gasteiger partial charge < -0.3 is 15.5 Å². The van der Waals surface area contributed by atoms with Crippen LogP contribution in [-0.4, -0.2) is 33.1 Å². The summed E-state index contributed by atoms with van der Waals surface area (Å²) in [7, 11) is 1.55. The Morgan fingerprint density at radius 3 is 2.73 bits per heavy atom. The standard InChI is InChI=1S/C20H19ClFN5O2S/c1-3-16-24-25-20-27(16)26-17(11-4-9-15(29-2)14(21)10-11)18(30-20)19(28)23-13-7-5-12(22)6-8-13/h4-10,17-18,26H,3H2,1-2H3,(H,23,28)/t17-,18-/m1/s1. The average Bonchev–Trinajstić information content (AvgIpc) is 3.16. The monoisotopic (exact) mass is 447 g/mol. The molecule has 1 aromatic heterocycles. The minimum atomic E-state index is -0.569. The van der Waals surface area contributed by atoms with Crippen LogP contribution >= 0.6 is 23.4 Å². The maximum atomic E-state index is 13.2. The van der Waals surface area contributed by atoms with Crippen LogP contribution in [0, 0.1) is 5.82 Å². The van der Waals surface area contributed by atoms with Crippen LogP contribution in [0.3, 0.4) is 0 Å². The fourth-order valence-corrected chi connectivity index (χ4v) is 4.57. The second-order valence-electron chi connectivity index (χ2n) is 6.62. The lowest BCUT2D eigenvalue weighted by molar-refractivity contribution is -0.116. The Kier molecular flexibility index (Phi) is 5.83. The van der Waals surface area contributed by atoms with E-state index in [0.717, 1.165) is 11.4 Å². The summed E-state index contributed by atoms with van der Waals surface area (Å²) in [5.74, 6) is 0.700. The summed E-state index contributed by atoms with van der Waals surface area (Å²) < 4.78 is 20.2. The van der Waals surface area contributed by atoms with Crippen LogP contribution in [0.4, 0.5) is 10.1 Å². The Balaban J connectivity index is 1.68. The molecule has 0 radical (unpaired) electrons. The number of benzene rings is 2. The number of carbonyl (C=O) groups excluding carboxylic acids is 1. The zero-order chi connectivity index (χ0) is 21.3. The number of carbonyl (C=O) groups is 1. The number of aromatic nitrogens is 3. The lowest BCUT2D eigenvalue weighted by Gasteiger charge is -2.33. The summed E-state index contributed by atoms with van der Waals surface area (Å²) in [6, 6.07) is 10.6. The minimum absolute atomic E-state index is 0.247. The van der Waals surface area contributed by atoms with E-state index in [9.17, 15) is 9.18 Å². The van der Waals surface area contributed by atoms with Gasteiger partial charge in [-0.2, -0.15) is 0 Å². The van der Waals surface area contributed by atoms with Crippen molar-refractivity contribution >= 4 is 35.0 Å². The number of nitrogens with zero attached hydrogens (tertiary/aromatic N) is 3. The first kappa shape index (κ1) is 20.5. The predicted octanol–water partition coefficient (Wildman–Crippen LogP) is 4.04. The number of methoxy groups -OCH3 is 1. The van der Waals surface area contributed by atoms with Crippen LogP contribution in [0.25, 0.3) is 0 Å². The number of halogens is 2. The summed E-state index contributed by atoms with van der Waals surface area (Å²) in [5, 5.41) is 11.7. The number of nitrogens with one attached hydrogen (secondary N) is 2. The second kappa shape index (κ2) is 8.53. The number of ether oxygens (including phenoxy) is 1. The highest BCUT2D eigenvalue weighted by molar-refractivity contribution is 8.00. The van der Waals surface area contributed by atoms with Gasteiger partial charge in [-0.15, -0.1) is 10.2 Å². The van der Waals surface area contributed by atoms with Crippen molar-refractivity contribution in [2.45, 2.75) is 29.8 Å². The van der Waals surface area contributed by atoms with Gasteiger partial charge in [-0.3, -0.25) is 4.79 Å². The number of amides is 1. The largest absolute Gasteiger partial charge is 0.495 e. The Labute approximate surface area is 181 Å².